The molecule has 0 radical (unpaired) electrons. The third kappa shape index (κ3) is 6.73. The zero-order valence-corrected chi connectivity index (χ0v) is 20.3. The van der Waals surface area contributed by atoms with E-state index in [1.165, 1.54) is 0 Å². The normalized spacial score (nSPS) is 12.3. The van der Waals surface area contributed by atoms with Crippen molar-refractivity contribution in [3.63, 3.8) is 0 Å². The molecule has 0 amide bonds. The number of pyridine rings is 1. The second-order valence-corrected chi connectivity index (χ2v) is 7.01. The maximum Gasteiger partial charge on any atom is 0.191 e. The Morgan fingerprint density at radius 2 is 1.97 bits per heavy atom. The first-order chi connectivity index (χ1) is 14.2. The highest BCUT2D eigenvalue weighted by Gasteiger charge is 2.11. The lowest BCUT2D eigenvalue weighted by Gasteiger charge is -2.20. The van der Waals surface area contributed by atoms with Gasteiger partial charge in [-0.15, -0.1) is 34.2 Å². The van der Waals surface area contributed by atoms with Crippen LogP contribution >= 0.6 is 35.6 Å². The van der Waals surface area contributed by atoms with Crippen LogP contribution in [0.25, 0.3) is 5.65 Å². The van der Waals surface area contributed by atoms with Crippen molar-refractivity contribution in [1.29, 1.82) is 0 Å². The second-order valence-electron chi connectivity index (χ2n) is 6.61. The molecule has 3 aromatic rings. The van der Waals surface area contributed by atoms with Gasteiger partial charge in [-0.2, -0.15) is 0 Å². The minimum Gasteiger partial charge on any atom is -0.487 e. The smallest absolute Gasteiger partial charge is 0.191 e. The number of fused-ring (bicyclic) bond motifs is 1. The van der Waals surface area contributed by atoms with Gasteiger partial charge in [0, 0.05) is 26.2 Å². The highest BCUT2D eigenvalue weighted by atomic mass is 127. The van der Waals surface area contributed by atoms with Crippen molar-refractivity contribution in [2.45, 2.75) is 32.3 Å². The molecule has 1 atom stereocenters. The zero-order chi connectivity index (χ0) is 20.5. The Bertz CT molecular complexity index is 948. The van der Waals surface area contributed by atoms with E-state index in [1.807, 2.05) is 53.1 Å². The number of rotatable bonds is 9. The Morgan fingerprint density at radius 3 is 2.73 bits per heavy atom. The van der Waals surface area contributed by atoms with Crippen LogP contribution in [0, 0.1) is 0 Å². The molecular formula is C21H28ClIN6O. The Kier molecular flexibility index (Phi) is 10.2. The Morgan fingerprint density at radius 1 is 1.17 bits per heavy atom. The van der Waals surface area contributed by atoms with E-state index in [0.717, 1.165) is 43.2 Å². The van der Waals surface area contributed by atoms with Crippen molar-refractivity contribution in [1.82, 2.24) is 25.2 Å². The van der Waals surface area contributed by atoms with E-state index in [2.05, 4.69) is 32.7 Å². The van der Waals surface area contributed by atoms with Crippen molar-refractivity contribution in [3.05, 3.63) is 59.5 Å². The Balaban J connectivity index is 0.00000320. The number of benzene rings is 1. The van der Waals surface area contributed by atoms with Crippen molar-refractivity contribution >= 4 is 47.2 Å². The van der Waals surface area contributed by atoms with Gasteiger partial charge >= 0.3 is 0 Å². The molecule has 0 aliphatic heterocycles. The van der Waals surface area contributed by atoms with Crippen LogP contribution in [-0.2, 0) is 6.42 Å². The number of para-hydroxylation sites is 1. The molecule has 2 aromatic heterocycles. The summed E-state index contributed by atoms with van der Waals surface area (Å²) in [6, 6.07) is 13.4. The first-order valence-corrected chi connectivity index (χ1v) is 10.2. The first-order valence-electron chi connectivity index (χ1n) is 9.85. The lowest BCUT2D eigenvalue weighted by molar-refractivity contribution is 0.199. The number of aryl methyl sites for hydroxylation is 1. The maximum atomic E-state index is 6.19. The summed E-state index contributed by atoms with van der Waals surface area (Å²) in [7, 11) is 1.76. The number of aliphatic imine (C=N–C) groups is 1. The van der Waals surface area contributed by atoms with Gasteiger partial charge in [0.15, 0.2) is 11.6 Å². The maximum absolute atomic E-state index is 6.19. The molecule has 0 aliphatic carbocycles. The lowest BCUT2D eigenvalue weighted by Crippen LogP contribution is -2.42. The molecule has 162 valence electrons. The molecule has 1 unspecified atom stereocenters. The van der Waals surface area contributed by atoms with E-state index in [-0.39, 0.29) is 30.1 Å². The van der Waals surface area contributed by atoms with Gasteiger partial charge in [-0.1, -0.05) is 36.7 Å². The summed E-state index contributed by atoms with van der Waals surface area (Å²) in [5.41, 5.74) is 0.872. The molecule has 3 rings (SSSR count). The minimum absolute atomic E-state index is 0. The molecule has 30 heavy (non-hydrogen) atoms. The van der Waals surface area contributed by atoms with Gasteiger partial charge in [-0.05, 0) is 37.1 Å². The van der Waals surface area contributed by atoms with Gasteiger partial charge < -0.3 is 15.4 Å². The van der Waals surface area contributed by atoms with E-state index in [9.17, 15) is 0 Å². The van der Waals surface area contributed by atoms with Crippen LogP contribution in [0.2, 0.25) is 5.02 Å². The molecule has 0 saturated carbocycles. The molecule has 0 bridgehead atoms. The van der Waals surface area contributed by atoms with E-state index in [0.29, 0.717) is 17.3 Å². The highest BCUT2D eigenvalue weighted by molar-refractivity contribution is 14.0. The van der Waals surface area contributed by atoms with Gasteiger partial charge in [0.1, 0.15) is 17.7 Å². The van der Waals surface area contributed by atoms with Crippen LogP contribution in [0.3, 0.4) is 0 Å². The largest absolute Gasteiger partial charge is 0.487 e. The van der Waals surface area contributed by atoms with Gasteiger partial charge in [0.2, 0.25) is 0 Å². The standard InChI is InChI=1S/C21H27ClN6O.HI/c1-3-16(29-18-10-5-4-9-17(18)22)15-25-21(23-2)24-13-8-12-20-27-26-19-11-6-7-14-28(19)20;/h4-7,9-11,14,16H,3,8,12-13,15H2,1-2H3,(H2,23,24,25);1H. The summed E-state index contributed by atoms with van der Waals surface area (Å²) in [4.78, 5) is 4.28. The monoisotopic (exact) mass is 542 g/mol. The van der Waals surface area contributed by atoms with Crippen LogP contribution in [-0.4, -0.2) is 46.8 Å². The Labute approximate surface area is 199 Å². The number of guanidine groups is 1. The first kappa shape index (κ1) is 24.2. The molecule has 0 aliphatic rings. The molecule has 1 aromatic carbocycles. The van der Waals surface area contributed by atoms with Gasteiger partial charge in [-0.25, -0.2) is 0 Å². The molecule has 9 heteroatoms. The molecule has 0 saturated heterocycles. The van der Waals surface area contributed by atoms with E-state index in [1.54, 1.807) is 7.05 Å². The summed E-state index contributed by atoms with van der Waals surface area (Å²) in [5.74, 6) is 2.41. The van der Waals surface area contributed by atoms with Crippen molar-refractivity contribution < 1.29 is 4.74 Å². The molecule has 2 N–H and O–H groups in total. The van der Waals surface area contributed by atoms with Crippen molar-refractivity contribution in [3.8, 4) is 5.75 Å². The summed E-state index contributed by atoms with van der Waals surface area (Å²) < 4.78 is 8.03. The quantitative estimate of drug-likeness (QED) is 0.185. The zero-order valence-electron chi connectivity index (χ0n) is 17.2. The fourth-order valence-corrected chi connectivity index (χ4v) is 3.12. The summed E-state index contributed by atoms with van der Waals surface area (Å²) >= 11 is 6.19. The van der Waals surface area contributed by atoms with E-state index < -0.39 is 0 Å². The number of hydrogen-bond acceptors (Lipinski definition) is 4. The highest BCUT2D eigenvalue weighted by Crippen LogP contribution is 2.24. The van der Waals surface area contributed by atoms with Gasteiger partial charge in [0.05, 0.1) is 11.6 Å². The fourth-order valence-electron chi connectivity index (χ4n) is 2.94. The van der Waals surface area contributed by atoms with E-state index in [4.69, 9.17) is 16.3 Å². The number of ether oxygens (including phenoxy) is 1. The summed E-state index contributed by atoms with van der Waals surface area (Å²) in [5, 5.41) is 15.7. The molecule has 0 fully saturated rings. The second kappa shape index (κ2) is 12.6. The molecule has 7 nitrogen and oxygen atoms in total. The van der Waals surface area contributed by atoms with Crippen LogP contribution in [0.15, 0.2) is 53.7 Å². The summed E-state index contributed by atoms with van der Waals surface area (Å²) in [6.45, 7) is 3.50. The average Bonchev–Trinajstić information content (AvgIpc) is 3.16. The summed E-state index contributed by atoms with van der Waals surface area (Å²) in [6.07, 6.45) is 4.60. The number of hydrogen-bond donors (Lipinski definition) is 2. The lowest BCUT2D eigenvalue weighted by atomic mass is 10.2. The third-order valence-corrected chi connectivity index (χ3v) is 4.87. The van der Waals surface area contributed by atoms with Crippen LogP contribution < -0.4 is 15.4 Å². The van der Waals surface area contributed by atoms with Crippen LogP contribution in [0.1, 0.15) is 25.6 Å². The Hall–Kier alpha value is -2.07. The average molecular weight is 543 g/mol. The minimum atomic E-state index is -0.00388. The van der Waals surface area contributed by atoms with Crippen LogP contribution in [0.5, 0.6) is 5.75 Å². The number of nitrogens with zero attached hydrogens (tertiary/aromatic N) is 4. The molecule has 2 heterocycles. The molecular weight excluding hydrogens is 515 g/mol. The van der Waals surface area contributed by atoms with Crippen molar-refractivity contribution in [2.24, 2.45) is 4.99 Å². The third-order valence-electron chi connectivity index (χ3n) is 4.56. The number of nitrogens with one attached hydrogen (secondary N) is 2. The topological polar surface area (TPSA) is 75.8 Å². The number of halogens is 2. The van der Waals surface area contributed by atoms with Crippen molar-refractivity contribution in [2.75, 3.05) is 20.1 Å². The predicted octanol–water partition coefficient (Wildman–Crippen LogP) is 3.96. The SMILES string of the molecule is CCC(CNC(=NC)NCCCc1nnc2ccccn12)Oc1ccccc1Cl.I. The van der Waals surface area contributed by atoms with Gasteiger partial charge in [0.25, 0.3) is 0 Å². The van der Waals surface area contributed by atoms with Gasteiger partial charge in [-0.3, -0.25) is 9.39 Å². The van der Waals surface area contributed by atoms with E-state index >= 15 is 0 Å². The van der Waals surface area contributed by atoms with Crippen LogP contribution in [0.4, 0.5) is 0 Å². The number of aromatic nitrogens is 3. The predicted molar refractivity (Wildman–Crippen MR) is 132 cm³/mol. The fraction of sp³-hybridized carbons (Fsp3) is 0.381. The molecule has 0 spiro atoms.